The maximum Gasteiger partial charge on any atom is 0.295 e. The van der Waals surface area contributed by atoms with E-state index >= 15 is 0 Å². The van der Waals surface area contributed by atoms with Gasteiger partial charge in [0.2, 0.25) is 0 Å². The highest BCUT2D eigenvalue weighted by Gasteiger charge is 2.46. The number of Topliss-reactive ketones (excluding diaryl/α,β-unsaturated/α-hetero) is 1. The van der Waals surface area contributed by atoms with Gasteiger partial charge in [-0.15, -0.1) is 0 Å². The van der Waals surface area contributed by atoms with E-state index in [1.54, 1.807) is 30.3 Å². The molecule has 1 unspecified atom stereocenters. The molecule has 0 spiro atoms. The molecular weight excluding hydrogens is 508 g/mol. The SMILES string of the molecule is COc1cc(C2/C(=C(\O)c3ccc4c(c3)OCCO4)C(=O)C(=O)N2CCN(C)C)cc(Br)c1O. The van der Waals surface area contributed by atoms with Gasteiger partial charge in [-0.3, -0.25) is 9.59 Å². The number of aliphatic hydroxyl groups is 1. The predicted molar refractivity (Wildman–Crippen MR) is 127 cm³/mol. The van der Waals surface area contributed by atoms with E-state index < -0.39 is 17.7 Å². The minimum atomic E-state index is -0.890. The minimum absolute atomic E-state index is 0.0555. The first-order chi connectivity index (χ1) is 16.2. The van der Waals surface area contributed by atoms with Crippen molar-refractivity contribution in [3.05, 3.63) is 51.5 Å². The number of hydrogen-bond acceptors (Lipinski definition) is 8. The molecule has 0 aromatic heterocycles. The number of phenolic OH excluding ortho intramolecular Hbond substituents is 1. The molecule has 2 aromatic rings. The minimum Gasteiger partial charge on any atom is -0.507 e. The van der Waals surface area contributed by atoms with Crippen LogP contribution < -0.4 is 14.2 Å². The molecule has 180 valence electrons. The van der Waals surface area contributed by atoms with Gasteiger partial charge in [0.1, 0.15) is 19.0 Å². The second-order valence-corrected chi connectivity index (χ2v) is 9.06. The largest absolute Gasteiger partial charge is 0.507 e. The van der Waals surface area contributed by atoms with Gasteiger partial charge >= 0.3 is 0 Å². The van der Waals surface area contributed by atoms with E-state index in [1.165, 1.54) is 12.0 Å². The van der Waals surface area contributed by atoms with Crippen molar-refractivity contribution in [3.8, 4) is 23.0 Å². The number of ketones is 1. The van der Waals surface area contributed by atoms with E-state index in [0.717, 1.165) is 0 Å². The van der Waals surface area contributed by atoms with Crippen LogP contribution in [0.1, 0.15) is 17.2 Å². The molecule has 2 aliphatic rings. The van der Waals surface area contributed by atoms with Crippen molar-refractivity contribution in [2.75, 3.05) is 47.5 Å². The lowest BCUT2D eigenvalue weighted by Crippen LogP contribution is -2.35. The molecule has 2 aliphatic heterocycles. The zero-order valence-electron chi connectivity index (χ0n) is 19.0. The van der Waals surface area contributed by atoms with Gasteiger partial charge in [-0.2, -0.15) is 0 Å². The fraction of sp³-hybridized carbons (Fsp3) is 0.333. The summed E-state index contributed by atoms with van der Waals surface area (Å²) in [6, 6.07) is 7.12. The number of carbonyl (C=O) groups excluding carboxylic acids is 2. The second-order valence-electron chi connectivity index (χ2n) is 8.21. The number of hydrogen-bond donors (Lipinski definition) is 2. The number of benzene rings is 2. The summed E-state index contributed by atoms with van der Waals surface area (Å²) in [6.45, 7) is 1.55. The molecule has 0 aliphatic carbocycles. The summed E-state index contributed by atoms with van der Waals surface area (Å²) in [5.41, 5.74) is 0.767. The van der Waals surface area contributed by atoms with Crippen molar-refractivity contribution in [2.45, 2.75) is 6.04 Å². The van der Waals surface area contributed by atoms with Crippen LogP contribution in [-0.4, -0.2) is 79.2 Å². The maximum atomic E-state index is 13.2. The maximum absolute atomic E-state index is 13.2. The van der Waals surface area contributed by atoms with Gasteiger partial charge < -0.3 is 34.2 Å². The molecule has 10 heteroatoms. The summed E-state index contributed by atoms with van der Waals surface area (Å²) >= 11 is 3.30. The van der Waals surface area contributed by atoms with Crippen LogP contribution >= 0.6 is 15.9 Å². The summed E-state index contributed by atoms with van der Waals surface area (Å²) < 4.78 is 16.7. The van der Waals surface area contributed by atoms with Crippen LogP contribution in [0, 0.1) is 0 Å². The van der Waals surface area contributed by atoms with Gasteiger partial charge in [0.25, 0.3) is 11.7 Å². The quantitative estimate of drug-likeness (QED) is 0.332. The number of likely N-dealkylation sites (N-methyl/N-ethyl adjacent to an activating group) is 1. The normalized spacial score (nSPS) is 19.1. The van der Waals surface area contributed by atoms with Crippen molar-refractivity contribution in [3.63, 3.8) is 0 Å². The van der Waals surface area contributed by atoms with E-state index in [-0.39, 0.29) is 29.4 Å². The molecule has 1 saturated heterocycles. The Hall–Kier alpha value is -3.24. The van der Waals surface area contributed by atoms with Crippen LogP contribution in [0.3, 0.4) is 0 Å². The fourth-order valence-corrected chi connectivity index (χ4v) is 4.48. The molecule has 0 bridgehead atoms. The number of ether oxygens (including phenoxy) is 3. The number of likely N-dealkylation sites (tertiary alicyclic amines) is 1. The monoisotopic (exact) mass is 532 g/mol. The van der Waals surface area contributed by atoms with E-state index in [9.17, 15) is 19.8 Å². The number of amides is 1. The molecule has 2 heterocycles. The zero-order chi connectivity index (χ0) is 24.6. The highest BCUT2D eigenvalue weighted by Crippen LogP contribution is 2.45. The van der Waals surface area contributed by atoms with Crippen molar-refractivity contribution >= 4 is 33.4 Å². The lowest BCUT2D eigenvalue weighted by Gasteiger charge is -2.27. The number of halogens is 1. The number of nitrogens with zero attached hydrogens (tertiary/aromatic N) is 2. The van der Waals surface area contributed by atoms with Gasteiger partial charge in [-0.25, -0.2) is 0 Å². The highest BCUT2D eigenvalue weighted by molar-refractivity contribution is 9.10. The molecule has 2 aromatic carbocycles. The fourth-order valence-electron chi connectivity index (χ4n) is 4.02. The van der Waals surface area contributed by atoms with E-state index in [4.69, 9.17) is 14.2 Å². The van der Waals surface area contributed by atoms with Crippen LogP contribution in [-0.2, 0) is 9.59 Å². The van der Waals surface area contributed by atoms with Gasteiger partial charge in [0.15, 0.2) is 23.0 Å². The summed E-state index contributed by atoms with van der Waals surface area (Å²) in [5.74, 6) is -0.782. The molecule has 1 atom stereocenters. The molecule has 2 N–H and O–H groups in total. The summed E-state index contributed by atoms with van der Waals surface area (Å²) in [5, 5.41) is 21.5. The lowest BCUT2D eigenvalue weighted by atomic mass is 9.94. The molecule has 34 heavy (non-hydrogen) atoms. The van der Waals surface area contributed by atoms with Crippen LogP contribution in [0.25, 0.3) is 5.76 Å². The van der Waals surface area contributed by atoms with Gasteiger partial charge in [0.05, 0.1) is 23.2 Å². The van der Waals surface area contributed by atoms with Crippen molar-refractivity contribution in [2.24, 2.45) is 0 Å². The van der Waals surface area contributed by atoms with Gasteiger partial charge in [-0.1, -0.05) is 0 Å². The average molecular weight is 533 g/mol. The van der Waals surface area contributed by atoms with E-state index in [2.05, 4.69) is 15.9 Å². The van der Waals surface area contributed by atoms with E-state index in [0.29, 0.717) is 46.9 Å². The average Bonchev–Trinajstić information content (AvgIpc) is 3.08. The van der Waals surface area contributed by atoms with Crippen LogP contribution in [0.15, 0.2) is 40.4 Å². The van der Waals surface area contributed by atoms with Crippen molar-refractivity contribution in [1.82, 2.24) is 9.80 Å². The third-order valence-electron chi connectivity index (χ3n) is 5.73. The number of carbonyl (C=O) groups is 2. The molecule has 1 fully saturated rings. The Kier molecular flexibility index (Phi) is 6.72. The van der Waals surface area contributed by atoms with Crippen LogP contribution in [0.4, 0.5) is 0 Å². The predicted octanol–water partition coefficient (Wildman–Crippen LogP) is 2.92. The Morgan fingerprint density at radius 1 is 1.18 bits per heavy atom. The zero-order valence-corrected chi connectivity index (χ0v) is 20.6. The number of rotatable bonds is 6. The van der Waals surface area contributed by atoms with Crippen LogP contribution in [0.5, 0.6) is 23.0 Å². The van der Waals surface area contributed by atoms with Crippen molar-refractivity contribution < 1.29 is 34.0 Å². The Bertz CT molecular complexity index is 1180. The number of methoxy groups -OCH3 is 1. The summed E-state index contributed by atoms with van der Waals surface area (Å²) in [7, 11) is 5.13. The Morgan fingerprint density at radius 2 is 1.88 bits per heavy atom. The smallest absolute Gasteiger partial charge is 0.295 e. The lowest BCUT2D eigenvalue weighted by molar-refractivity contribution is -0.140. The molecule has 4 rings (SSSR count). The Morgan fingerprint density at radius 3 is 2.56 bits per heavy atom. The molecular formula is C24H25BrN2O7. The first-order valence-electron chi connectivity index (χ1n) is 10.6. The van der Waals surface area contributed by atoms with E-state index in [1.807, 2.05) is 19.0 Å². The molecule has 0 saturated carbocycles. The third-order valence-corrected chi connectivity index (χ3v) is 6.33. The summed E-state index contributed by atoms with van der Waals surface area (Å²) in [6.07, 6.45) is 0. The van der Waals surface area contributed by atoms with Gasteiger partial charge in [0, 0.05) is 18.7 Å². The Balaban J connectivity index is 1.88. The third kappa shape index (κ3) is 4.30. The first kappa shape index (κ1) is 23.9. The van der Waals surface area contributed by atoms with Crippen LogP contribution in [0.2, 0.25) is 0 Å². The topological polar surface area (TPSA) is 109 Å². The number of aromatic hydroxyl groups is 1. The number of aliphatic hydroxyl groups excluding tert-OH is 1. The number of fused-ring (bicyclic) bond motifs is 1. The highest BCUT2D eigenvalue weighted by atomic mass is 79.9. The van der Waals surface area contributed by atoms with Gasteiger partial charge in [-0.05, 0) is 65.9 Å². The van der Waals surface area contributed by atoms with Crippen molar-refractivity contribution in [1.29, 1.82) is 0 Å². The molecule has 9 nitrogen and oxygen atoms in total. The standard InChI is InChI=1S/C24H25BrN2O7/c1-26(2)6-7-27-20(14-10-15(25)22(29)18(12-14)32-3)19(23(30)24(27)31)21(28)13-4-5-16-17(11-13)34-9-8-33-16/h4-5,10-12,20,28-29H,6-9H2,1-3H3/b21-19+. The first-order valence-corrected chi connectivity index (χ1v) is 11.4. The summed E-state index contributed by atoms with van der Waals surface area (Å²) in [4.78, 5) is 29.6. The number of phenols is 1. The molecule has 1 amide bonds. The Labute approximate surface area is 205 Å². The molecule has 0 radical (unpaired) electrons. The second kappa shape index (κ2) is 9.55.